The maximum absolute atomic E-state index is 11.3. The van der Waals surface area contributed by atoms with Crippen LogP contribution in [0.15, 0.2) is 30.4 Å². The lowest BCUT2D eigenvalue weighted by Gasteiger charge is -2.17. The van der Waals surface area contributed by atoms with Crippen molar-refractivity contribution >= 4 is 17.5 Å². The largest absolute Gasteiger partial charge is 0.508 e. The van der Waals surface area contributed by atoms with Crippen molar-refractivity contribution in [3.05, 3.63) is 47.1 Å². The number of aliphatic carboxylic acids is 2. The van der Waals surface area contributed by atoms with E-state index in [1.807, 2.05) is 6.92 Å². The lowest BCUT2D eigenvalue weighted by Crippen LogP contribution is -2.15. The van der Waals surface area contributed by atoms with Crippen molar-refractivity contribution in [2.24, 2.45) is 0 Å². The van der Waals surface area contributed by atoms with Crippen LogP contribution in [0.4, 0.5) is 0 Å². The molecule has 0 fully saturated rings. The summed E-state index contributed by atoms with van der Waals surface area (Å²) in [6, 6.07) is 3.04. The van der Waals surface area contributed by atoms with E-state index >= 15 is 0 Å². The van der Waals surface area contributed by atoms with Gasteiger partial charge in [-0.25, -0.2) is 9.59 Å². The first-order valence-corrected chi connectivity index (χ1v) is 7.03. The second-order valence-electron chi connectivity index (χ2n) is 4.75. The fourth-order valence-electron chi connectivity index (χ4n) is 2.59. The fourth-order valence-corrected chi connectivity index (χ4v) is 2.59. The number of allylic oxidation sites excluding steroid dienone is 2. The molecule has 0 atom stereocenters. The SMILES string of the molecule is C=CCc1c(O)ccc(C(CC)=C(C(=O)O)C(=O)O)c1CC. The van der Waals surface area contributed by atoms with Gasteiger partial charge in [-0.2, -0.15) is 0 Å². The lowest BCUT2D eigenvalue weighted by molar-refractivity contribution is -0.140. The number of hydrogen-bond acceptors (Lipinski definition) is 3. The molecule has 0 saturated carbocycles. The zero-order valence-electron chi connectivity index (χ0n) is 12.7. The summed E-state index contributed by atoms with van der Waals surface area (Å²) in [5.74, 6) is -2.84. The normalized spacial score (nSPS) is 10.1. The van der Waals surface area contributed by atoms with Gasteiger partial charge in [-0.05, 0) is 42.0 Å². The molecular formula is C17H20O5. The molecule has 0 spiro atoms. The van der Waals surface area contributed by atoms with E-state index in [4.69, 9.17) is 0 Å². The summed E-state index contributed by atoms with van der Waals surface area (Å²) >= 11 is 0. The summed E-state index contributed by atoms with van der Waals surface area (Å²) in [5.41, 5.74) is 1.57. The molecule has 0 heterocycles. The van der Waals surface area contributed by atoms with Crippen molar-refractivity contribution in [3.63, 3.8) is 0 Å². The van der Waals surface area contributed by atoms with Gasteiger partial charge in [0.05, 0.1) is 0 Å². The third-order valence-corrected chi connectivity index (χ3v) is 3.52. The van der Waals surface area contributed by atoms with Crippen LogP contribution in [-0.2, 0) is 22.4 Å². The van der Waals surface area contributed by atoms with Crippen molar-refractivity contribution in [1.29, 1.82) is 0 Å². The van der Waals surface area contributed by atoms with Crippen LogP contribution in [0.1, 0.15) is 37.0 Å². The Labute approximate surface area is 129 Å². The van der Waals surface area contributed by atoms with Crippen LogP contribution in [0, 0.1) is 0 Å². The Bertz CT molecular complexity index is 625. The number of phenolic OH excluding ortho intramolecular Hbond substituents is 1. The van der Waals surface area contributed by atoms with Crippen molar-refractivity contribution in [2.45, 2.75) is 33.1 Å². The predicted octanol–water partition coefficient (Wildman–Crippen LogP) is 3.02. The van der Waals surface area contributed by atoms with Crippen LogP contribution in [0.5, 0.6) is 5.75 Å². The molecule has 0 radical (unpaired) electrons. The van der Waals surface area contributed by atoms with E-state index in [1.165, 1.54) is 6.07 Å². The van der Waals surface area contributed by atoms with E-state index in [2.05, 4.69) is 6.58 Å². The van der Waals surface area contributed by atoms with Gasteiger partial charge in [0.2, 0.25) is 0 Å². The van der Waals surface area contributed by atoms with Crippen molar-refractivity contribution in [3.8, 4) is 5.75 Å². The van der Waals surface area contributed by atoms with Gasteiger partial charge in [-0.3, -0.25) is 0 Å². The van der Waals surface area contributed by atoms with E-state index in [1.54, 1.807) is 19.1 Å². The molecule has 0 unspecified atom stereocenters. The number of aromatic hydroxyl groups is 1. The van der Waals surface area contributed by atoms with Crippen molar-refractivity contribution < 1.29 is 24.9 Å². The summed E-state index contributed by atoms with van der Waals surface area (Å²) in [7, 11) is 0. The van der Waals surface area contributed by atoms with Crippen molar-refractivity contribution in [2.75, 3.05) is 0 Å². The lowest BCUT2D eigenvalue weighted by atomic mass is 9.88. The molecule has 0 aliphatic rings. The molecule has 5 nitrogen and oxygen atoms in total. The second kappa shape index (κ2) is 7.45. The standard InChI is InChI=1S/C17H20O5/c1-4-7-13-10(5-2)12(8-9-14(13)18)11(6-3)15(16(19)20)17(21)22/h4,8-9,18H,1,5-7H2,2-3H3,(H,19,20)(H,21,22). The third kappa shape index (κ3) is 3.36. The van der Waals surface area contributed by atoms with Crippen LogP contribution in [0.2, 0.25) is 0 Å². The molecular weight excluding hydrogens is 284 g/mol. The first kappa shape index (κ1) is 17.5. The Morgan fingerprint density at radius 1 is 1.14 bits per heavy atom. The molecule has 1 aromatic rings. The van der Waals surface area contributed by atoms with Crippen molar-refractivity contribution in [1.82, 2.24) is 0 Å². The molecule has 0 aromatic heterocycles. The Kier molecular flexibility index (Phi) is 5.92. The minimum atomic E-state index is -1.47. The number of carboxylic acid groups (broad SMARTS) is 2. The highest BCUT2D eigenvalue weighted by molar-refractivity contribution is 6.18. The Hall–Kier alpha value is -2.56. The second-order valence-corrected chi connectivity index (χ2v) is 4.75. The summed E-state index contributed by atoms with van der Waals surface area (Å²) in [4.78, 5) is 22.6. The summed E-state index contributed by atoms with van der Waals surface area (Å²) in [6.07, 6.45) is 2.88. The van der Waals surface area contributed by atoms with Gasteiger partial charge in [0, 0.05) is 5.56 Å². The summed E-state index contributed by atoms with van der Waals surface area (Å²) in [6.45, 7) is 7.23. The van der Waals surface area contributed by atoms with Gasteiger partial charge >= 0.3 is 11.9 Å². The zero-order chi connectivity index (χ0) is 16.9. The highest BCUT2D eigenvalue weighted by Crippen LogP contribution is 2.33. The zero-order valence-corrected chi connectivity index (χ0v) is 12.7. The maximum atomic E-state index is 11.3. The van der Waals surface area contributed by atoms with Crippen LogP contribution in [-0.4, -0.2) is 27.3 Å². The van der Waals surface area contributed by atoms with Gasteiger partial charge in [0.15, 0.2) is 0 Å². The average Bonchev–Trinajstić information content (AvgIpc) is 2.46. The Morgan fingerprint density at radius 3 is 2.14 bits per heavy atom. The number of phenols is 1. The molecule has 1 rings (SSSR count). The quantitative estimate of drug-likeness (QED) is 0.311. The molecule has 0 aliphatic carbocycles. The predicted molar refractivity (Wildman–Crippen MR) is 83.9 cm³/mol. The molecule has 22 heavy (non-hydrogen) atoms. The molecule has 0 aliphatic heterocycles. The third-order valence-electron chi connectivity index (χ3n) is 3.52. The van der Waals surface area contributed by atoms with Gasteiger partial charge in [0.1, 0.15) is 11.3 Å². The van der Waals surface area contributed by atoms with E-state index in [-0.39, 0.29) is 17.7 Å². The molecule has 0 bridgehead atoms. The first-order chi connectivity index (χ1) is 10.4. The van der Waals surface area contributed by atoms with Gasteiger partial charge in [-0.15, -0.1) is 6.58 Å². The summed E-state index contributed by atoms with van der Waals surface area (Å²) in [5, 5.41) is 28.4. The van der Waals surface area contributed by atoms with Crippen LogP contribution in [0.3, 0.4) is 0 Å². The van der Waals surface area contributed by atoms with Crippen LogP contribution < -0.4 is 0 Å². The number of hydrogen-bond donors (Lipinski definition) is 3. The Balaban J connectivity index is 3.75. The minimum Gasteiger partial charge on any atom is -0.508 e. The average molecular weight is 304 g/mol. The topological polar surface area (TPSA) is 94.8 Å². The molecule has 118 valence electrons. The molecule has 5 heteroatoms. The number of rotatable bonds is 7. The molecule has 0 amide bonds. The van der Waals surface area contributed by atoms with Gasteiger partial charge in [-0.1, -0.05) is 26.0 Å². The van der Waals surface area contributed by atoms with E-state index in [0.717, 1.165) is 5.56 Å². The Morgan fingerprint density at radius 2 is 1.73 bits per heavy atom. The minimum absolute atomic E-state index is 0.100. The first-order valence-electron chi connectivity index (χ1n) is 7.03. The highest BCUT2D eigenvalue weighted by atomic mass is 16.4. The smallest absolute Gasteiger partial charge is 0.343 e. The van der Waals surface area contributed by atoms with Crippen LogP contribution >= 0.6 is 0 Å². The number of carbonyl (C=O) groups is 2. The summed E-state index contributed by atoms with van der Waals surface area (Å²) < 4.78 is 0. The van der Waals surface area contributed by atoms with E-state index in [0.29, 0.717) is 24.0 Å². The fraction of sp³-hybridized carbons (Fsp3) is 0.294. The molecule has 3 N–H and O–H groups in total. The van der Waals surface area contributed by atoms with Gasteiger partial charge < -0.3 is 15.3 Å². The van der Waals surface area contributed by atoms with E-state index in [9.17, 15) is 24.9 Å². The monoisotopic (exact) mass is 304 g/mol. The van der Waals surface area contributed by atoms with Gasteiger partial charge in [0.25, 0.3) is 0 Å². The van der Waals surface area contributed by atoms with Crippen LogP contribution in [0.25, 0.3) is 5.57 Å². The maximum Gasteiger partial charge on any atom is 0.343 e. The molecule has 1 aromatic carbocycles. The number of benzene rings is 1. The van der Waals surface area contributed by atoms with E-state index < -0.39 is 17.5 Å². The number of carboxylic acids is 2. The molecule has 0 saturated heterocycles. The highest BCUT2D eigenvalue weighted by Gasteiger charge is 2.24.